The van der Waals surface area contributed by atoms with E-state index in [2.05, 4.69) is 10.6 Å². The van der Waals surface area contributed by atoms with Crippen molar-refractivity contribution in [1.82, 2.24) is 10.6 Å². The van der Waals surface area contributed by atoms with Gasteiger partial charge in [-0.15, -0.1) is 0 Å². The van der Waals surface area contributed by atoms with Gasteiger partial charge >= 0.3 is 6.03 Å². The maximum Gasteiger partial charge on any atom is 0.315 e. The van der Waals surface area contributed by atoms with Gasteiger partial charge in [0, 0.05) is 12.6 Å². The number of carbonyl (C=O) groups is 1. The van der Waals surface area contributed by atoms with Gasteiger partial charge in [0.2, 0.25) is 0 Å². The highest BCUT2D eigenvalue weighted by atomic mass is 32.2. The highest BCUT2D eigenvalue weighted by molar-refractivity contribution is 7.91. The second-order valence-electron chi connectivity index (χ2n) is 5.09. The minimum atomic E-state index is -2.76. The molecule has 0 radical (unpaired) electrons. The van der Waals surface area contributed by atoms with E-state index >= 15 is 0 Å². The van der Waals surface area contributed by atoms with Crippen LogP contribution in [0.25, 0.3) is 0 Å². The Morgan fingerprint density at radius 2 is 2.00 bits per heavy atom. The van der Waals surface area contributed by atoms with Gasteiger partial charge in [-0.2, -0.15) is 0 Å². The number of rotatable bonds is 5. The lowest BCUT2D eigenvalue weighted by atomic mass is 10.0. The normalized spacial score (nSPS) is 26.7. The van der Waals surface area contributed by atoms with Crippen LogP contribution in [-0.4, -0.2) is 38.5 Å². The molecule has 1 unspecified atom stereocenters. The maximum absolute atomic E-state index is 11.3. The van der Waals surface area contributed by atoms with E-state index in [0.717, 1.165) is 32.1 Å². The molecule has 2 fully saturated rings. The first-order valence-electron chi connectivity index (χ1n) is 6.30. The number of amides is 2. The van der Waals surface area contributed by atoms with E-state index in [-0.39, 0.29) is 6.03 Å². The molecular formula is C11H20N2O3S. The molecule has 2 rings (SSSR count). The Labute approximate surface area is 102 Å². The molecular weight excluding hydrogens is 240 g/mol. The first-order valence-corrected chi connectivity index (χ1v) is 8.12. The van der Waals surface area contributed by atoms with Crippen LogP contribution in [0.15, 0.2) is 0 Å². The SMILES string of the molecule is O=C(NCCCC1CCS(=O)(=O)C1)NC1CC1. The molecule has 1 heterocycles. The molecule has 2 N–H and O–H groups in total. The summed E-state index contributed by atoms with van der Waals surface area (Å²) in [6.07, 6.45) is 4.72. The lowest BCUT2D eigenvalue weighted by Crippen LogP contribution is -2.37. The second-order valence-corrected chi connectivity index (χ2v) is 7.31. The van der Waals surface area contributed by atoms with Crippen molar-refractivity contribution in [3.8, 4) is 0 Å². The van der Waals surface area contributed by atoms with Crippen LogP contribution < -0.4 is 10.6 Å². The lowest BCUT2D eigenvalue weighted by Gasteiger charge is -2.09. The topological polar surface area (TPSA) is 75.3 Å². The van der Waals surface area contributed by atoms with Crippen LogP contribution in [0.3, 0.4) is 0 Å². The van der Waals surface area contributed by atoms with Gasteiger partial charge in [0.15, 0.2) is 9.84 Å². The van der Waals surface area contributed by atoms with Crippen LogP contribution in [-0.2, 0) is 9.84 Å². The molecule has 1 saturated carbocycles. The zero-order valence-electron chi connectivity index (χ0n) is 9.94. The van der Waals surface area contributed by atoms with Gasteiger partial charge < -0.3 is 10.6 Å². The Balaban J connectivity index is 1.52. The largest absolute Gasteiger partial charge is 0.338 e. The summed E-state index contributed by atoms with van der Waals surface area (Å²) < 4.78 is 22.5. The first kappa shape index (κ1) is 12.7. The third kappa shape index (κ3) is 4.53. The predicted molar refractivity (Wildman–Crippen MR) is 65.6 cm³/mol. The number of sulfone groups is 1. The molecule has 1 aliphatic carbocycles. The molecule has 2 amide bonds. The smallest absolute Gasteiger partial charge is 0.315 e. The minimum absolute atomic E-state index is 0.0912. The van der Waals surface area contributed by atoms with Crippen molar-refractivity contribution < 1.29 is 13.2 Å². The van der Waals surface area contributed by atoms with Gasteiger partial charge in [-0.05, 0) is 38.0 Å². The van der Waals surface area contributed by atoms with Gasteiger partial charge in [0.05, 0.1) is 11.5 Å². The van der Waals surface area contributed by atoms with Crippen molar-refractivity contribution in [3.63, 3.8) is 0 Å². The van der Waals surface area contributed by atoms with Gasteiger partial charge in [0.1, 0.15) is 0 Å². The lowest BCUT2D eigenvalue weighted by molar-refractivity contribution is 0.240. The van der Waals surface area contributed by atoms with Crippen molar-refractivity contribution >= 4 is 15.9 Å². The Morgan fingerprint density at radius 1 is 1.24 bits per heavy atom. The molecule has 1 saturated heterocycles. The summed E-state index contributed by atoms with van der Waals surface area (Å²) in [7, 11) is -2.76. The Hall–Kier alpha value is -0.780. The van der Waals surface area contributed by atoms with E-state index < -0.39 is 9.84 Å². The third-order valence-electron chi connectivity index (χ3n) is 3.31. The number of urea groups is 1. The molecule has 0 aromatic heterocycles. The molecule has 0 bridgehead atoms. The van der Waals surface area contributed by atoms with Crippen LogP contribution in [0.1, 0.15) is 32.1 Å². The molecule has 6 heteroatoms. The third-order valence-corrected chi connectivity index (χ3v) is 5.15. The fourth-order valence-corrected chi connectivity index (χ4v) is 4.07. The Morgan fingerprint density at radius 3 is 2.59 bits per heavy atom. The van der Waals surface area contributed by atoms with Gasteiger partial charge in [0.25, 0.3) is 0 Å². The fraction of sp³-hybridized carbons (Fsp3) is 0.909. The number of nitrogens with one attached hydrogen (secondary N) is 2. The summed E-state index contributed by atoms with van der Waals surface area (Å²) in [4.78, 5) is 11.3. The van der Waals surface area contributed by atoms with E-state index in [1.807, 2.05) is 0 Å². The van der Waals surface area contributed by atoms with E-state index in [1.165, 1.54) is 0 Å². The van der Waals surface area contributed by atoms with Crippen molar-refractivity contribution in [3.05, 3.63) is 0 Å². The average molecular weight is 260 g/mol. The fourth-order valence-electron chi connectivity index (χ4n) is 2.16. The zero-order valence-corrected chi connectivity index (χ0v) is 10.8. The number of hydrogen-bond donors (Lipinski definition) is 2. The van der Waals surface area contributed by atoms with E-state index in [1.54, 1.807) is 0 Å². The first-order chi connectivity index (χ1) is 8.05. The van der Waals surface area contributed by atoms with Crippen molar-refractivity contribution in [1.29, 1.82) is 0 Å². The minimum Gasteiger partial charge on any atom is -0.338 e. The molecule has 0 aromatic rings. The van der Waals surface area contributed by atoms with Gasteiger partial charge in [-0.25, -0.2) is 13.2 Å². The summed E-state index contributed by atoms with van der Waals surface area (Å²) >= 11 is 0. The van der Waals surface area contributed by atoms with Crippen molar-refractivity contribution in [2.75, 3.05) is 18.1 Å². The standard InChI is InChI=1S/C11H20N2O3S/c14-11(13-10-3-4-10)12-6-1-2-9-5-7-17(15,16)8-9/h9-10H,1-8H2,(H2,12,13,14). The number of hydrogen-bond acceptors (Lipinski definition) is 3. The molecule has 1 aliphatic heterocycles. The second kappa shape index (κ2) is 5.25. The summed E-state index contributed by atoms with van der Waals surface area (Å²) in [6, 6.07) is 0.293. The Bertz CT molecular complexity index is 376. The van der Waals surface area contributed by atoms with Crippen LogP contribution in [0.4, 0.5) is 4.79 Å². The average Bonchev–Trinajstić information content (AvgIpc) is 2.98. The van der Waals surface area contributed by atoms with Gasteiger partial charge in [-0.1, -0.05) is 0 Å². The van der Waals surface area contributed by atoms with Crippen molar-refractivity contribution in [2.24, 2.45) is 5.92 Å². The molecule has 17 heavy (non-hydrogen) atoms. The number of carbonyl (C=O) groups excluding carboxylic acids is 1. The van der Waals surface area contributed by atoms with Crippen LogP contribution in [0.5, 0.6) is 0 Å². The molecule has 5 nitrogen and oxygen atoms in total. The monoisotopic (exact) mass is 260 g/mol. The summed E-state index contributed by atoms with van der Waals surface area (Å²) in [5.41, 5.74) is 0. The van der Waals surface area contributed by atoms with Crippen LogP contribution in [0.2, 0.25) is 0 Å². The van der Waals surface area contributed by atoms with Crippen molar-refractivity contribution in [2.45, 2.75) is 38.1 Å². The van der Waals surface area contributed by atoms with E-state index in [4.69, 9.17) is 0 Å². The summed E-state index contributed by atoms with van der Waals surface area (Å²) in [5, 5.41) is 5.65. The predicted octanol–water partition coefficient (Wildman–Crippen LogP) is 0.663. The summed E-state index contributed by atoms with van der Waals surface area (Å²) in [5.74, 6) is 0.974. The van der Waals surface area contributed by atoms with Crippen LogP contribution >= 0.6 is 0 Å². The molecule has 2 aliphatic rings. The molecule has 98 valence electrons. The Kier molecular flexibility index (Phi) is 3.91. The summed E-state index contributed by atoms with van der Waals surface area (Å²) in [6.45, 7) is 0.634. The molecule has 0 aromatic carbocycles. The van der Waals surface area contributed by atoms with E-state index in [0.29, 0.717) is 30.0 Å². The maximum atomic E-state index is 11.3. The zero-order chi connectivity index (χ0) is 12.3. The van der Waals surface area contributed by atoms with Gasteiger partial charge in [-0.3, -0.25) is 0 Å². The van der Waals surface area contributed by atoms with Crippen LogP contribution in [0, 0.1) is 5.92 Å². The quantitative estimate of drug-likeness (QED) is 0.713. The highest BCUT2D eigenvalue weighted by Gasteiger charge is 2.27. The highest BCUT2D eigenvalue weighted by Crippen LogP contribution is 2.22. The molecule has 1 atom stereocenters. The molecule has 0 spiro atoms. The van der Waals surface area contributed by atoms with E-state index in [9.17, 15) is 13.2 Å².